The number of rotatable bonds is 6. The van der Waals surface area contributed by atoms with E-state index in [1.807, 2.05) is 6.92 Å². The highest BCUT2D eigenvalue weighted by atomic mass is 19.1. The molecule has 1 aliphatic heterocycles. The average molecular weight is 383 g/mol. The van der Waals surface area contributed by atoms with E-state index >= 15 is 0 Å². The molecule has 2 aromatic carbocycles. The van der Waals surface area contributed by atoms with Crippen LogP contribution >= 0.6 is 0 Å². The Morgan fingerprint density at radius 2 is 1.93 bits per heavy atom. The summed E-state index contributed by atoms with van der Waals surface area (Å²) in [5.41, 5.74) is 10.2. The van der Waals surface area contributed by atoms with Gasteiger partial charge >= 0.3 is 0 Å². The second-order valence-electron chi connectivity index (χ2n) is 8.92. The average Bonchev–Trinajstić information content (AvgIpc) is 2.65. The molecule has 1 atom stereocenters. The minimum atomic E-state index is -0.976. The molecule has 4 rings (SSSR count). The Morgan fingerprint density at radius 1 is 1.18 bits per heavy atom. The second-order valence-corrected chi connectivity index (χ2v) is 8.92. The number of hydrogen-bond acceptors (Lipinski definition) is 3. The first-order valence-corrected chi connectivity index (χ1v) is 10.4. The highest BCUT2D eigenvalue weighted by Gasteiger charge is 2.40. The summed E-state index contributed by atoms with van der Waals surface area (Å²) in [6.07, 6.45) is 2.28. The smallest absolute Gasteiger partial charge is 0.119 e. The van der Waals surface area contributed by atoms with Crippen LogP contribution in [0, 0.1) is 5.92 Å². The number of nitrogens with zero attached hydrogens (tertiary/aromatic N) is 1. The van der Waals surface area contributed by atoms with E-state index in [0.29, 0.717) is 25.4 Å². The van der Waals surface area contributed by atoms with E-state index in [1.165, 1.54) is 22.3 Å². The normalized spacial score (nSPS) is 25.6. The molecule has 1 saturated carbocycles. The van der Waals surface area contributed by atoms with Crippen molar-refractivity contribution in [2.75, 3.05) is 13.2 Å². The summed E-state index contributed by atoms with van der Waals surface area (Å²) in [4.78, 5) is 2.49. The van der Waals surface area contributed by atoms with E-state index in [2.05, 4.69) is 47.4 Å². The van der Waals surface area contributed by atoms with Crippen LogP contribution in [0.5, 0.6) is 5.75 Å². The summed E-state index contributed by atoms with van der Waals surface area (Å²) in [5, 5.41) is 0. The molecule has 1 fully saturated rings. The molecule has 1 aliphatic carbocycles. The van der Waals surface area contributed by atoms with E-state index in [-0.39, 0.29) is 6.04 Å². The van der Waals surface area contributed by atoms with Crippen LogP contribution in [0.3, 0.4) is 0 Å². The van der Waals surface area contributed by atoms with Gasteiger partial charge in [0.1, 0.15) is 11.4 Å². The lowest BCUT2D eigenvalue weighted by Gasteiger charge is -2.38. The van der Waals surface area contributed by atoms with Gasteiger partial charge in [-0.05, 0) is 73.4 Å². The zero-order chi connectivity index (χ0) is 19.7. The van der Waals surface area contributed by atoms with Crippen LogP contribution in [0.4, 0.5) is 4.39 Å². The predicted octanol–water partition coefficient (Wildman–Crippen LogP) is 4.78. The Bertz CT molecular complexity index is 808. The predicted molar refractivity (Wildman–Crippen MR) is 111 cm³/mol. The van der Waals surface area contributed by atoms with Crippen LogP contribution in [-0.4, -0.2) is 23.7 Å². The summed E-state index contributed by atoms with van der Waals surface area (Å²) in [5.74, 6) is 1.28. The molecule has 28 heavy (non-hydrogen) atoms. The number of alkyl halides is 1. The SMILES string of the molecule is C[C@H](N)c1ccc(CN2CCc3cc(OCC4CC(C)(F)C4)ccc3C2)cc1. The number of halogens is 1. The van der Waals surface area contributed by atoms with Gasteiger partial charge in [0.25, 0.3) is 0 Å². The molecule has 0 saturated heterocycles. The number of benzene rings is 2. The summed E-state index contributed by atoms with van der Waals surface area (Å²) in [7, 11) is 0. The maximum absolute atomic E-state index is 13.6. The molecule has 2 aromatic rings. The van der Waals surface area contributed by atoms with Gasteiger partial charge in [0.15, 0.2) is 0 Å². The highest BCUT2D eigenvalue weighted by Crippen LogP contribution is 2.40. The van der Waals surface area contributed by atoms with Crippen LogP contribution in [-0.2, 0) is 19.5 Å². The standard InChI is InChI=1S/C24H31FN2O/c1-17(26)20-5-3-18(4-6-20)14-27-10-9-21-11-23(8-7-22(21)15-27)28-16-19-12-24(2,25)13-19/h3-8,11,17,19H,9-10,12-16,26H2,1-2H3/t17-,19?,24?/m0/s1. The zero-order valence-corrected chi connectivity index (χ0v) is 17.0. The van der Waals surface area contributed by atoms with Gasteiger partial charge in [-0.3, -0.25) is 4.90 Å². The third-order valence-corrected chi connectivity index (χ3v) is 6.10. The van der Waals surface area contributed by atoms with E-state index in [9.17, 15) is 4.39 Å². The first-order valence-electron chi connectivity index (χ1n) is 10.4. The van der Waals surface area contributed by atoms with Gasteiger partial charge in [0.2, 0.25) is 0 Å². The fraction of sp³-hybridized carbons (Fsp3) is 0.500. The molecule has 0 unspecified atom stereocenters. The molecule has 0 amide bonds. The van der Waals surface area contributed by atoms with E-state index in [1.54, 1.807) is 6.92 Å². The van der Waals surface area contributed by atoms with Gasteiger partial charge in [0.05, 0.1) is 6.61 Å². The molecular formula is C24H31FN2O. The van der Waals surface area contributed by atoms with Gasteiger partial charge in [-0.1, -0.05) is 30.3 Å². The highest BCUT2D eigenvalue weighted by molar-refractivity contribution is 5.37. The van der Waals surface area contributed by atoms with Crippen molar-refractivity contribution < 1.29 is 9.13 Å². The van der Waals surface area contributed by atoms with Crippen molar-refractivity contribution >= 4 is 0 Å². The molecule has 150 valence electrons. The third-order valence-electron chi connectivity index (χ3n) is 6.10. The van der Waals surface area contributed by atoms with Crippen molar-refractivity contribution in [2.24, 2.45) is 11.7 Å². The third kappa shape index (κ3) is 4.56. The van der Waals surface area contributed by atoms with Crippen molar-refractivity contribution in [3.05, 3.63) is 64.7 Å². The van der Waals surface area contributed by atoms with Crippen molar-refractivity contribution in [3.63, 3.8) is 0 Å². The van der Waals surface area contributed by atoms with E-state index < -0.39 is 5.67 Å². The van der Waals surface area contributed by atoms with Crippen molar-refractivity contribution in [1.29, 1.82) is 0 Å². The molecule has 3 nitrogen and oxygen atoms in total. The largest absolute Gasteiger partial charge is 0.493 e. The summed E-state index contributed by atoms with van der Waals surface area (Å²) < 4.78 is 19.5. The molecule has 4 heteroatoms. The molecular weight excluding hydrogens is 351 g/mol. The summed E-state index contributed by atoms with van der Waals surface area (Å²) in [6, 6.07) is 15.2. The van der Waals surface area contributed by atoms with Crippen LogP contribution in [0.1, 0.15) is 55.0 Å². The topological polar surface area (TPSA) is 38.5 Å². The van der Waals surface area contributed by atoms with Crippen LogP contribution < -0.4 is 10.5 Å². The maximum Gasteiger partial charge on any atom is 0.119 e. The lowest BCUT2D eigenvalue weighted by molar-refractivity contribution is 0.00240. The molecule has 1 heterocycles. The van der Waals surface area contributed by atoms with Crippen molar-refractivity contribution in [1.82, 2.24) is 4.90 Å². The molecule has 2 N–H and O–H groups in total. The molecule has 0 radical (unpaired) electrons. The van der Waals surface area contributed by atoms with Crippen molar-refractivity contribution in [3.8, 4) is 5.75 Å². The van der Waals surface area contributed by atoms with Gasteiger partial charge < -0.3 is 10.5 Å². The quantitative estimate of drug-likeness (QED) is 0.781. The van der Waals surface area contributed by atoms with Crippen LogP contribution in [0.15, 0.2) is 42.5 Å². The van der Waals surface area contributed by atoms with Gasteiger partial charge in [-0.25, -0.2) is 4.39 Å². The molecule has 2 aliphatic rings. The Hall–Kier alpha value is -1.91. The lowest BCUT2D eigenvalue weighted by Crippen LogP contribution is -2.39. The number of ether oxygens (including phenoxy) is 1. The molecule has 0 spiro atoms. The van der Waals surface area contributed by atoms with Gasteiger partial charge in [0, 0.05) is 25.7 Å². The monoisotopic (exact) mass is 382 g/mol. The minimum Gasteiger partial charge on any atom is -0.493 e. The van der Waals surface area contributed by atoms with E-state index in [4.69, 9.17) is 10.5 Å². The first-order chi connectivity index (χ1) is 13.4. The summed E-state index contributed by atoms with van der Waals surface area (Å²) in [6.45, 7) is 7.30. The van der Waals surface area contributed by atoms with Crippen molar-refractivity contribution in [2.45, 2.75) is 57.9 Å². The molecule has 0 bridgehead atoms. The lowest BCUT2D eigenvalue weighted by atomic mass is 9.74. The van der Waals surface area contributed by atoms with Gasteiger partial charge in [-0.2, -0.15) is 0 Å². The number of nitrogens with two attached hydrogens (primary N) is 1. The Balaban J connectivity index is 1.31. The Labute approximate surface area is 167 Å². The van der Waals surface area contributed by atoms with Gasteiger partial charge in [-0.15, -0.1) is 0 Å². The fourth-order valence-corrected chi connectivity index (χ4v) is 4.47. The fourth-order valence-electron chi connectivity index (χ4n) is 4.47. The number of fused-ring (bicyclic) bond motifs is 1. The Kier molecular flexibility index (Phi) is 5.44. The Morgan fingerprint density at radius 3 is 2.61 bits per heavy atom. The molecule has 0 aromatic heterocycles. The number of hydrogen-bond donors (Lipinski definition) is 1. The van der Waals surface area contributed by atoms with Crippen LogP contribution in [0.2, 0.25) is 0 Å². The van der Waals surface area contributed by atoms with E-state index in [0.717, 1.165) is 31.8 Å². The maximum atomic E-state index is 13.6. The first kappa shape index (κ1) is 19.4. The minimum absolute atomic E-state index is 0.0816. The van der Waals surface area contributed by atoms with Crippen LogP contribution in [0.25, 0.3) is 0 Å². The zero-order valence-electron chi connectivity index (χ0n) is 17.0. The second kappa shape index (κ2) is 7.84. The summed E-state index contributed by atoms with van der Waals surface area (Å²) >= 11 is 0.